The third-order valence-corrected chi connectivity index (χ3v) is 5.66. The number of anilines is 2. The Morgan fingerprint density at radius 1 is 1.14 bits per heavy atom. The molecule has 0 radical (unpaired) electrons. The first-order chi connectivity index (χ1) is 13.5. The summed E-state index contributed by atoms with van der Waals surface area (Å²) in [4.78, 5) is 14.7. The molecule has 156 valence electrons. The van der Waals surface area contributed by atoms with E-state index in [0.29, 0.717) is 25.2 Å². The van der Waals surface area contributed by atoms with Gasteiger partial charge < -0.3 is 25.0 Å². The van der Waals surface area contributed by atoms with Gasteiger partial charge in [0, 0.05) is 19.6 Å². The Hall–Kier alpha value is -1.79. The molecule has 28 heavy (non-hydrogen) atoms. The molecule has 0 aromatic heterocycles. The average Bonchev–Trinajstić information content (AvgIpc) is 2.66. The first kappa shape index (κ1) is 20.9. The minimum Gasteiger partial charge on any atom is -0.376 e. The van der Waals surface area contributed by atoms with Crippen LogP contribution in [0, 0.1) is 5.92 Å². The molecule has 1 aliphatic carbocycles. The Morgan fingerprint density at radius 2 is 1.86 bits per heavy atom. The summed E-state index contributed by atoms with van der Waals surface area (Å²) in [5.41, 5.74) is 1.86. The zero-order valence-corrected chi connectivity index (χ0v) is 17.4. The summed E-state index contributed by atoms with van der Waals surface area (Å²) >= 11 is 0. The van der Waals surface area contributed by atoms with E-state index in [0.717, 1.165) is 30.9 Å². The number of benzene rings is 1. The second-order valence-corrected chi connectivity index (χ2v) is 8.23. The first-order valence-corrected chi connectivity index (χ1v) is 10.7. The van der Waals surface area contributed by atoms with Crippen molar-refractivity contribution in [3.63, 3.8) is 0 Å². The van der Waals surface area contributed by atoms with Crippen molar-refractivity contribution >= 4 is 17.4 Å². The van der Waals surface area contributed by atoms with E-state index in [1.54, 1.807) is 0 Å². The fraction of sp³-hybridized carbons (Fsp3) is 0.682. The van der Waals surface area contributed by atoms with Gasteiger partial charge in [0.25, 0.3) is 0 Å². The monoisotopic (exact) mass is 389 g/mol. The highest BCUT2D eigenvalue weighted by atomic mass is 16.5. The Kier molecular flexibility index (Phi) is 7.57. The van der Waals surface area contributed by atoms with Gasteiger partial charge in [-0.3, -0.25) is 0 Å². The molecule has 0 unspecified atom stereocenters. The molecule has 0 bridgehead atoms. The van der Waals surface area contributed by atoms with Crippen molar-refractivity contribution < 1.29 is 14.3 Å². The lowest BCUT2D eigenvalue weighted by molar-refractivity contribution is -0.00518. The van der Waals surface area contributed by atoms with Gasteiger partial charge >= 0.3 is 6.03 Å². The fourth-order valence-electron chi connectivity index (χ4n) is 4.30. The van der Waals surface area contributed by atoms with Crippen LogP contribution in [0.15, 0.2) is 24.3 Å². The zero-order chi connectivity index (χ0) is 19.9. The van der Waals surface area contributed by atoms with E-state index in [4.69, 9.17) is 9.47 Å². The highest BCUT2D eigenvalue weighted by Gasteiger charge is 2.24. The Bertz CT molecular complexity index is 629. The van der Waals surface area contributed by atoms with Gasteiger partial charge in [-0.25, -0.2) is 4.79 Å². The fourth-order valence-corrected chi connectivity index (χ4v) is 4.30. The van der Waals surface area contributed by atoms with Crippen molar-refractivity contribution in [2.24, 2.45) is 5.92 Å². The molecule has 4 atom stereocenters. The number of ether oxygens (including phenoxy) is 2. The average molecular weight is 390 g/mol. The molecule has 1 saturated heterocycles. The van der Waals surface area contributed by atoms with Gasteiger partial charge in [0.1, 0.15) is 0 Å². The van der Waals surface area contributed by atoms with Crippen molar-refractivity contribution in [1.29, 1.82) is 0 Å². The van der Waals surface area contributed by atoms with Gasteiger partial charge in [-0.15, -0.1) is 0 Å². The molecule has 2 amide bonds. The second-order valence-electron chi connectivity index (χ2n) is 8.23. The van der Waals surface area contributed by atoms with Gasteiger partial charge in [-0.2, -0.15) is 0 Å². The minimum absolute atomic E-state index is 0.171. The van der Waals surface area contributed by atoms with Crippen LogP contribution in [0.5, 0.6) is 0 Å². The molecule has 2 N–H and O–H groups in total. The van der Waals surface area contributed by atoms with Crippen LogP contribution < -0.4 is 15.5 Å². The number of nitrogens with one attached hydrogen (secondary N) is 2. The number of amides is 2. The highest BCUT2D eigenvalue weighted by molar-refractivity contribution is 5.93. The summed E-state index contributed by atoms with van der Waals surface area (Å²) in [6.45, 7) is 9.13. The van der Waals surface area contributed by atoms with Crippen LogP contribution in [-0.2, 0) is 9.47 Å². The Labute approximate surface area is 169 Å². The van der Waals surface area contributed by atoms with Gasteiger partial charge in [-0.05, 0) is 44.7 Å². The summed E-state index contributed by atoms with van der Waals surface area (Å²) < 4.78 is 11.8. The van der Waals surface area contributed by atoms with Crippen LogP contribution in [0.25, 0.3) is 0 Å². The largest absolute Gasteiger partial charge is 0.376 e. The molecule has 0 spiro atoms. The molecular weight excluding hydrogens is 354 g/mol. The van der Waals surface area contributed by atoms with Crippen LogP contribution >= 0.6 is 0 Å². The van der Waals surface area contributed by atoms with E-state index in [-0.39, 0.29) is 18.2 Å². The van der Waals surface area contributed by atoms with E-state index in [2.05, 4.69) is 36.3 Å². The highest BCUT2D eigenvalue weighted by Crippen LogP contribution is 2.28. The molecule has 1 aliphatic heterocycles. The normalized spacial score (nSPS) is 28.0. The van der Waals surface area contributed by atoms with Crippen molar-refractivity contribution in [3.05, 3.63) is 24.3 Å². The SMILES string of the molecule is C[C@@H]1CN(c2ccccc2NC(=O)NCCO[C@@H]2CCCC[C@@H]2C)C[C@@H](C)O1. The standard InChI is InChI=1S/C22H35N3O3/c1-16-8-4-7-11-21(16)27-13-12-23-22(26)24-19-9-5-6-10-20(19)25-14-17(2)28-18(3)15-25/h5-6,9-10,16-18,21H,4,7-8,11-15H2,1-3H3,(H2,23,24,26)/t16-,17+,18+,21+/m0/s1. The zero-order valence-electron chi connectivity index (χ0n) is 17.4. The number of carbonyl (C=O) groups is 1. The van der Waals surface area contributed by atoms with Crippen molar-refractivity contribution in [1.82, 2.24) is 5.32 Å². The molecular formula is C22H35N3O3. The summed E-state index contributed by atoms with van der Waals surface area (Å²) in [6.07, 6.45) is 5.62. The smallest absolute Gasteiger partial charge is 0.319 e. The van der Waals surface area contributed by atoms with Gasteiger partial charge in [-0.1, -0.05) is 31.9 Å². The summed E-state index contributed by atoms with van der Waals surface area (Å²) in [5, 5.41) is 5.91. The first-order valence-electron chi connectivity index (χ1n) is 10.7. The molecule has 1 aromatic carbocycles. The summed E-state index contributed by atoms with van der Waals surface area (Å²) in [5.74, 6) is 0.618. The number of para-hydroxylation sites is 2. The number of hydrogen-bond acceptors (Lipinski definition) is 4. The lowest BCUT2D eigenvalue weighted by atomic mass is 9.88. The number of hydrogen-bond donors (Lipinski definition) is 2. The quantitative estimate of drug-likeness (QED) is 0.722. The maximum atomic E-state index is 12.4. The predicted molar refractivity (Wildman–Crippen MR) is 113 cm³/mol. The number of urea groups is 1. The van der Waals surface area contributed by atoms with Crippen LogP contribution in [0.2, 0.25) is 0 Å². The predicted octanol–water partition coefficient (Wildman–Crippen LogP) is 4.02. The lowest BCUT2D eigenvalue weighted by Gasteiger charge is -2.37. The van der Waals surface area contributed by atoms with Gasteiger partial charge in [0.15, 0.2) is 0 Å². The second kappa shape index (κ2) is 10.1. The summed E-state index contributed by atoms with van der Waals surface area (Å²) in [6, 6.07) is 7.75. The van der Waals surface area contributed by atoms with Crippen LogP contribution in [-0.4, -0.2) is 50.6 Å². The number of carbonyl (C=O) groups excluding carboxylic acids is 1. The minimum atomic E-state index is -0.193. The lowest BCUT2D eigenvalue weighted by Crippen LogP contribution is -2.46. The molecule has 6 nitrogen and oxygen atoms in total. The van der Waals surface area contributed by atoms with Crippen molar-refractivity contribution in [2.75, 3.05) is 36.5 Å². The van der Waals surface area contributed by atoms with Crippen LogP contribution in [0.3, 0.4) is 0 Å². The molecule has 1 saturated carbocycles. The van der Waals surface area contributed by atoms with Gasteiger partial charge in [0.05, 0.1) is 36.3 Å². The van der Waals surface area contributed by atoms with Gasteiger partial charge in [0.2, 0.25) is 0 Å². The topological polar surface area (TPSA) is 62.8 Å². The molecule has 3 rings (SSSR count). The van der Waals surface area contributed by atoms with Crippen molar-refractivity contribution in [2.45, 2.75) is 64.8 Å². The van der Waals surface area contributed by atoms with Crippen LogP contribution in [0.4, 0.5) is 16.2 Å². The van der Waals surface area contributed by atoms with E-state index in [1.807, 2.05) is 24.3 Å². The molecule has 1 aromatic rings. The Morgan fingerprint density at radius 3 is 2.61 bits per heavy atom. The molecule has 6 heteroatoms. The maximum absolute atomic E-state index is 12.4. The summed E-state index contributed by atoms with van der Waals surface area (Å²) in [7, 11) is 0. The molecule has 2 fully saturated rings. The number of morpholine rings is 1. The Balaban J connectivity index is 1.47. The van der Waals surface area contributed by atoms with E-state index in [9.17, 15) is 4.79 Å². The molecule has 2 aliphatic rings. The van der Waals surface area contributed by atoms with E-state index >= 15 is 0 Å². The number of nitrogens with zero attached hydrogens (tertiary/aromatic N) is 1. The number of rotatable bonds is 6. The van der Waals surface area contributed by atoms with E-state index in [1.165, 1.54) is 19.3 Å². The third kappa shape index (κ3) is 5.85. The van der Waals surface area contributed by atoms with E-state index < -0.39 is 0 Å². The third-order valence-electron chi connectivity index (χ3n) is 5.66. The van der Waals surface area contributed by atoms with Crippen molar-refractivity contribution in [3.8, 4) is 0 Å². The molecule has 1 heterocycles. The maximum Gasteiger partial charge on any atom is 0.319 e. The van der Waals surface area contributed by atoms with Crippen LogP contribution in [0.1, 0.15) is 46.5 Å².